The van der Waals surface area contributed by atoms with Crippen molar-refractivity contribution in [2.75, 3.05) is 0 Å². The number of esters is 1. The molecule has 3 nitrogen and oxygen atoms in total. The standard InChI is InChI=1S/C12H18O3/c1-9(6-5-7-10(2)13)8-11(3)15-12(4)14/h5,7-9H,6H2,1-4H3. The van der Waals surface area contributed by atoms with E-state index in [1.165, 1.54) is 13.8 Å². The first-order valence-electron chi connectivity index (χ1n) is 4.95. The van der Waals surface area contributed by atoms with Crippen LogP contribution in [0.1, 0.15) is 34.1 Å². The number of rotatable bonds is 5. The Hall–Kier alpha value is -1.38. The lowest BCUT2D eigenvalue weighted by molar-refractivity contribution is -0.136. The molecule has 0 heterocycles. The third-order valence-corrected chi connectivity index (χ3v) is 1.68. The summed E-state index contributed by atoms with van der Waals surface area (Å²) in [4.78, 5) is 21.2. The van der Waals surface area contributed by atoms with Gasteiger partial charge in [0.2, 0.25) is 0 Å². The summed E-state index contributed by atoms with van der Waals surface area (Å²) in [5.41, 5.74) is 0. The zero-order chi connectivity index (χ0) is 11.8. The van der Waals surface area contributed by atoms with Crippen LogP contribution in [-0.4, -0.2) is 11.8 Å². The lowest BCUT2D eigenvalue weighted by atomic mass is 10.1. The topological polar surface area (TPSA) is 43.4 Å². The van der Waals surface area contributed by atoms with Gasteiger partial charge in [-0.15, -0.1) is 0 Å². The number of carbonyl (C=O) groups is 2. The van der Waals surface area contributed by atoms with Crippen LogP contribution in [0.4, 0.5) is 0 Å². The van der Waals surface area contributed by atoms with Gasteiger partial charge in [-0.1, -0.05) is 13.0 Å². The van der Waals surface area contributed by atoms with Crippen LogP contribution in [0, 0.1) is 5.92 Å². The molecule has 0 aromatic heterocycles. The summed E-state index contributed by atoms with van der Waals surface area (Å²) in [5.74, 6) is 0.587. The van der Waals surface area contributed by atoms with Crippen LogP contribution in [0.3, 0.4) is 0 Å². The lowest BCUT2D eigenvalue weighted by Gasteiger charge is -2.05. The molecule has 0 saturated carbocycles. The van der Waals surface area contributed by atoms with E-state index in [0.717, 1.165) is 6.42 Å². The van der Waals surface area contributed by atoms with Gasteiger partial charge in [0.25, 0.3) is 0 Å². The van der Waals surface area contributed by atoms with Gasteiger partial charge in [0, 0.05) is 6.92 Å². The number of carbonyl (C=O) groups excluding carboxylic acids is 2. The summed E-state index contributed by atoms with van der Waals surface area (Å²) >= 11 is 0. The van der Waals surface area contributed by atoms with Crippen molar-refractivity contribution < 1.29 is 14.3 Å². The summed E-state index contributed by atoms with van der Waals surface area (Å²) in [7, 11) is 0. The average Bonchev–Trinajstić information content (AvgIpc) is 2.00. The molecule has 0 amide bonds. The van der Waals surface area contributed by atoms with Crippen molar-refractivity contribution in [2.45, 2.75) is 34.1 Å². The van der Waals surface area contributed by atoms with E-state index in [0.29, 0.717) is 5.76 Å². The van der Waals surface area contributed by atoms with Crippen molar-refractivity contribution in [3.8, 4) is 0 Å². The Bertz CT molecular complexity index is 287. The van der Waals surface area contributed by atoms with Gasteiger partial charge in [-0.05, 0) is 38.3 Å². The van der Waals surface area contributed by atoms with Gasteiger partial charge in [0.05, 0.1) is 0 Å². The van der Waals surface area contributed by atoms with Gasteiger partial charge in [0.15, 0.2) is 5.78 Å². The minimum Gasteiger partial charge on any atom is -0.432 e. The summed E-state index contributed by atoms with van der Waals surface area (Å²) < 4.78 is 4.88. The number of allylic oxidation sites excluding steroid dienone is 4. The largest absolute Gasteiger partial charge is 0.432 e. The van der Waals surface area contributed by atoms with Gasteiger partial charge in [-0.2, -0.15) is 0 Å². The zero-order valence-corrected chi connectivity index (χ0v) is 9.74. The average molecular weight is 210 g/mol. The van der Waals surface area contributed by atoms with Crippen molar-refractivity contribution in [3.05, 3.63) is 24.0 Å². The van der Waals surface area contributed by atoms with Gasteiger partial charge in [-0.3, -0.25) is 9.59 Å². The maximum absolute atomic E-state index is 10.6. The molecule has 0 fully saturated rings. The predicted octanol–water partition coefficient (Wildman–Crippen LogP) is 2.62. The highest BCUT2D eigenvalue weighted by Gasteiger charge is 1.99. The molecule has 0 aliphatic heterocycles. The molecule has 0 spiro atoms. The molecule has 0 bridgehead atoms. The van der Waals surface area contributed by atoms with Gasteiger partial charge < -0.3 is 4.74 Å². The Balaban J connectivity index is 4.06. The molecule has 0 aliphatic rings. The van der Waals surface area contributed by atoms with Crippen LogP contribution in [0.25, 0.3) is 0 Å². The minimum absolute atomic E-state index is 0.0443. The molecule has 0 aromatic rings. The van der Waals surface area contributed by atoms with Gasteiger partial charge in [0.1, 0.15) is 5.76 Å². The Kier molecular flexibility index (Phi) is 6.34. The van der Waals surface area contributed by atoms with Crippen molar-refractivity contribution in [1.82, 2.24) is 0 Å². The second-order valence-electron chi connectivity index (χ2n) is 3.60. The number of ketones is 1. The van der Waals surface area contributed by atoms with E-state index in [-0.39, 0.29) is 17.7 Å². The first-order chi connectivity index (χ1) is 6.91. The monoisotopic (exact) mass is 210 g/mol. The van der Waals surface area contributed by atoms with E-state index in [1.807, 2.05) is 19.1 Å². The lowest BCUT2D eigenvalue weighted by Crippen LogP contribution is -1.98. The molecule has 3 heteroatoms. The Labute approximate surface area is 90.8 Å². The Morgan fingerprint density at radius 2 is 1.87 bits per heavy atom. The summed E-state index contributed by atoms with van der Waals surface area (Å²) in [6.45, 7) is 6.63. The third-order valence-electron chi connectivity index (χ3n) is 1.68. The first-order valence-corrected chi connectivity index (χ1v) is 4.95. The number of hydrogen-bond donors (Lipinski definition) is 0. The van der Waals surface area contributed by atoms with Crippen LogP contribution in [0.5, 0.6) is 0 Å². The van der Waals surface area contributed by atoms with E-state index in [1.54, 1.807) is 13.0 Å². The molecule has 84 valence electrons. The van der Waals surface area contributed by atoms with E-state index < -0.39 is 0 Å². The molecule has 1 atom stereocenters. The fraction of sp³-hybridized carbons (Fsp3) is 0.500. The van der Waals surface area contributed by atoms with Crippen LogP contribution in [0.15, 0.2) is 24.0 Å². The van der Waals surface area contributed by atoms with Crippen molar-refractivity contribution in [1.29, 1.82) is 0 Å². The molecule has 15 heavy (non-hydrogen) atoms. The maximum atomic E-state index is 10.6. The Morgan fingerprint density at radius 1 is 1.27 bits per heavy atom. The molecule has 0 aliphatic carbocycles. The number of ether oxygens (including phenoxy) is 1. The SMILES string of the molecule is CC(=O)C=CCC(C)C=C(C)OC(C)=O. The number of hydrogen-bond acceptors (Lipinski definition) is 3. The van der Waals surface area contributed by atoms with Crippen molar-refractivity contribution in [2.24, 2.45) is 5.92 Å². The molecule has 1 unspecified atom stereocenters. The predicted molar refractivity (Wildman–Crippen MR) is 59.1 cm³/mol. The van der Waals surface area contributed by atoms with E-state index in [4.69, 9.17) is 4.74 Å². The van der Waals surface area contributed by atoms with Gasteiger partial charge in [-0.25, -0.2) is 0 Å². The fourth-order valence-electron chi connectivity index (χ4n) is 1.18. The second-order valence-corrected chi connectivity index (χ2v) is 3.60. The molecule has 0 saturated heterocycles. The fourth-order valence-corrected chi connectivity index (χ4v) is 1.18. The highest BCUT2D eigenvalue weighted by atomic mass is 16.5. The maximum Gasteiger partial charge on any atom is 0.307 e. The van der Waals surface area contributed by atoms with E-state index in [2.05, 4.69) is 0 Å². The van der Waals surface area contributed by atoms with E-state index in [9.17, 15) is 9.59 Å². The molecule has 0 aromatic carbocycles. The first kappa shape index (κ1) is 13.6. The van der Waals surface area contributed by atoms with Crippen molar-refractivity contribution >= 4 is 11.8 Å². The second kappa shape index (κ2) is 6.98. The van der Waals surface area contributed by atoms with Crippen molar-refractivity contribution in [3.63, 3.8) is 0 Å². The molecule has 0 N–H and O–H groups in total. The minimum atomic E-state index is -0.310. The summed E-state index contributed by atoms with van der Waals surface area (Å²) in [6.07, 6.45) is 6.00. The highest BCUT2D eigenvalue weighted by molar-refractivity contribution is 5.87. The van der Waals surface area contributed by atoms with Crippen LogP contribution < -0.4 is 0 Å². The zero-order valence-electron chi connectivity index (χ0n) is 9.74. The smallest absolute Gasteiger partial charge is 0.307 e. The van der Waals surface area contributed by atoms with Crippen LogP contribution in [-0.2, 0) is 14.3 Å². The summed E-state index contributed by atoms with van der Waals surface area (Å²) in [5, 5.41) is 0. The molecular weight excluding hydrogens is 192 g/mol. The summed E-state index contributed by atoms with van der Waals surface area (Å²) in [6, 6.07) is 0. The third kappa shape index (κ3) is 8.94. The Morgan fingerprint density at radius 3 is 2.33 bits per heavy atom. The van der Waals surface area contributed by atoms with Crippen LogP contribution >= 0.6 is 0 Å². The van der Waals surface area contributed by atoms with Gasteiger partial charge >= 0.3 is 5.97 Å². The quantitative estimate of drug-likeness (QED) is 0.398. The van der Waals surface area contributed by atoms with Crippen LogP contribution in [0.2, 0.25) is 0 Å². The normalized spacial score (nSPS) is 14.0. The molecule has 0 radical (unpaired) electrons. The molecular formula is C12H18O3. The molecule has 0 rings (SSSR count). The highest BCUT2D eigenvalue weighted by Crippen LogP contribution is 2.09. The van der Waals surface area contributed by atoms with E-state index >= 15 is 0 Å².